The smallest absolute Gasteiger partial charge is 0.227 e. The van der Waals surface area contributed by atoms with E-state index in [4.69, 9.17) is 4.74 Å². The summed E-state index contributed by atoms with van der Waals surface area (Å²) in [5, 5.41) is 10.8. The van der Waals surface area contributed by atoms with E-state index in [0.717, 1.165) is 63.5 Å². The van der Waals surface area contributed by atoms with E-state index < -0.39 is 0 Å². The predicted molar refractivity (Wildman–Crippen MR) is 110 cm³/mol. The Kier molecular flexibility index (Phi) is 8.27. The van der Waals surface area contributed by atoms with Gasteiger partial charge in [0, 0.05) is 26.0 Å². The van der Waals surface area contributed by atoms with Crippen molar-refractivity contribution in [2.45, 2.75) is 83.2 Å². The van der Waals surface area contributed by atoms with Crippen molar-refractivity contribution in [2.24, 2.45) is 13.0 Å². The molecule has 1 aromatic rings. The summed E-state index contributed by atoms with van der Waals surface area (Å²) in [4.78, 5) is 16.8. The van der Waals surface area contributed by atoms with E-state index in [1.807, 2.05) is 7.05 Å². The second-order valence-corrected chi connectivity index (χ2v) is 8.56. The molecule has 0 bridgehead atoms. The Bertz CT molecular complexity index is 612. The zero-order valence-corrected chi connectivity index (χ0v) is 17.6. The average molecular weight is 392 g/mol. The van der Waals surface area contributed by atoms with Gasteiger partial charge in [-0.15, -0.1) is 0 Å². The summed E-state index contributed by atoms with van der Waals surface area (Å²) in [7, 11) is 1.84. The highest BCUT2D eigenvalue weighted by atomic mass is 16.5. The van der Waals surface area contributed by atoms with Crippen molar-refractivity contribution in [3.63, 3.8) is 0 Å². The fourth-order valence-corrected chi connectivity index (χ4v) is 4.30. The quantitative estimate of drug-likeness (QED) is 0.631. The standard InChI is InChI=1S/C21H37N5O2/c1-16-7-6-8-18(15-16)28-14-5-3-4-9-19(27)23-21-24-20(25-26(21)2)17-10-12-22-13-11-17/h16-18,22H,3-15H2,1-2H3,(H,23,24,25,27). The van der Waals surface area contributed by atoms with Gasteiger partial charge in [-0.05, 0) is 57.5 Å². The van der Waals surface area contributed by atoms with Gasteiger partial charge < -0.3 is 10.1 Å². The number of carbonyl (C=O) groups excluding carboxylic acids is 1. The van der Waals surface area contributed by atoms with Gasteiger partial charge in [0.2, 0.25) is 11.9 Å². The second-order valence-electron chi connectivity index (χ2n) is 8.56. The lowest BCUT2D eigenvalue weighted by Gasteiger charge is -2.26. The van der Waals surface area contributed by atoms with Gasteiger partial charge in [-0.25, -0.2) is 4.68 Å². The summed E-state index contributed by atoms with van der Waals surface area (Å²) in [5.74, 6) is 2.64. The predicted octanol–water partition coefficient (Wildman–Crippen LogP) is 3.38. The van der Waals surface area contributed by atoms with Crippen molar-refractivity contribution in [1.29, 1.82) is 0 Å². The molecule has 1 aliphatic carbocycles. The molecular formula is C21H37N5O2. The number of amides is 1. The third kappa shape index (κ3) is 6.55. The summed E-state index contributed by atoms with van der Waals surface area (Å²) in [5.41, 5.74) is 0. The normalized spacial score (nSPS) is 23.6. The van der Waals surface area contributed by atoms with E-state index in [9.17, 15) is 4.79 Å². The van der Waals surface area contributed by atoms with Crippen molar-refractivity contribution in [2.75, 3.05) is 25.0 Å². The first-order chi connectivity index (χ1) is 13.6. The summed E-state index contributed by atoms with van der Waals surface area (Å²) in [6.07, 6.45) is 11.1. The Morgan fingerprint density at radius 2 is 2.04 bits per heavy atom. The first-order valence-corrected chi connectivity index (χ1v) is 11.1. The molecule has 158 valence electrons. The number of nitrogens with one attached hydrogen (secondary N) is 2. The molecule has 2 unspecified atom stereocenters. The number of aryl methyl sites for hydroxylation is 1. The molecule has 2 atom stereocenters. The van der Waals surface area contributed by atoms with E-state index in [2.05, 4.69) is 27.6 Å². The number of anilines is 1. The Hall–Kier alpha value is -1.47. The number of ether oxygens (including phenoxy) is 1. The molecule has 7 nitrogen and oxygen atoms in total. The third-order valence-electron chi connectivity index (χ3n) is 6.02. The number of nitrogens with zero attached hydrogens (tertiary/aromatic N) is 3. The Morgan fingerprint density at radius 3 is 2.82 bits per heavy atom. The first-order valence-electron chi connectivity index (χ1n) is 11.1. The van der Waals surface area contributed by atoms with E-state index in [-0.39, 0.29) is 5.91 Å². The van der Waals surface area contributed by atoms with E-state index in [1.165, 1.54) is 25.7 Å². The Balaban J connectivity index is 1.29. The highest BCUT2D eigenvalue weighted by molar-refractivity contribution is 5.88. The molecule has 2 heterocycles. The molecule has 7 heteroatoms. The lowest BCUT2D eigenvalue weighted by atomic mass is 9.89. The molecule has 1 aliphatic heterocycles. The molecule has 3 rings (SSSR count). The van der Waals surface area contributed by atoms with Crippen molar-refractivity contribution >= 4 is 11.9 Å². The maximum Gasteiger partial charge on any atom is 0.227 e. The van der Waals surface area contributed by atoms with Crippen LogP contribution >= 0.6 is 0 Å². The van der Waals surface area contributed by atoms with Crippen LogP contribution < -0.4 is 10.6 Å². The monoisotopic (exact) mass is 391 g/mol. The van der Waals surface area contributed by atoms with Crippen molar-refractivity contribution in [3.8, 4) is 0 Å². The van der Waals surface area contributed by atoms with Gasteiger partial charge in [-0.3, -0.25) is 10.1 Å². The van der Waals surface area contributed by atoms with Gasteiger partial charge in [0.15, 0.2) is 5.82 Å². The molecule has 1 amide bonds. The fraction of sp³-hybridized carbons (Fsp3) is 0.857. The molecule has 1 saturated carbocycles. The molecule has 1 saturated heterocycles. The molecule has 0 spiro atoms. The molecule has 0 radical (unpaired) electrons. The van der Waals surface area contributed by atoms with Crippen LogP contribution in [0.1, 0.15) is 82.9 Å². The number of unbranched alkanes of at least 4 members (excludes halogenated alkanes) is 2. The second kappa shape index (κ2) is 10.9. The summed E-state index contributed by atoms with van der Waals surface area (Å²) < 4.78 is 7.69. The maximum atomic E-state index is 12.2. The number of rotatable bonds is 9. The van der Waals surface area contributed by atoms with E-state index >= 15 is 0 Å². The number of carbonyl (C=O) groups is 1. The van der Waals surface area contributed by atoms with Crippen molar-refractivity contribution in [3.05, 3.63) is 5.82 Å². The SMILES string of the molecule is CC1CCCC(OCCCCCC(=O)Nc2nc(C3CCNCC3)nn2C)C1. The minimum Gasteiger partial charge on any atom is -0.378 e. The minimum absolute atomic E-state index is 0.0226. The van der Waals surface area contributed by atoms with Gasteiger partial charge in [-0.1, -0.05) is 26.2 Å². The molecule has 2 N–H and O–H groups in total. The molecule has 0 aromatic carbocycles. The van der Waals surface area contributed by atoms with Crippen LogP contribution in [0.3, 0.4) is 0 Å². The summed E-state index contributed by atoms with van der Waals surface area (Å²) in [6, 6.07) is 0. The number of piperidine rings is 1. The van der Waals surface area contributed by atoms with Gasteiger partial charge in [0.05, 0.1) is 6.10 Å². The molecule has 28 heavy (non-hydrogen) atoms. The van der Waals surface area contributed by atoms with E-state index in [0.29, 0.717) is 24.4 Å². The Labute approximate surface area is 169 Å². The number of hydrogen-bond acceptors (Lipinski definition) is 5. The Morgan fingerprint density at radius 1 is 1.21 bits per heavy atom. The van der Waals surface area contributed by atoms with Crippen LogP contribution in [0, 0.1) is 5.92 Å². The summed E-state index contributed by atoms with van der Waals surface area (Å²) >= 11 is 0. The molecule has 1 aromatic heterocycles. The van der Waals surface area contributed by atoms with Gasteiger partial charge in [0.25, 0.3) is 0 Å². The lowest BCUT2D eigenvalue weighted by Crippen LogP contribution is -2.27. The van der Waals surface area contributed by atoms with Crippen LogP contribution in [0.4, 0.5) is 5.95 Å². The third-order valence-corrected chi connectivity index (χ3v) is 6.02. The minimum atomic E-state index is 0.0226. The highest BCUT2D eigenvalue weighted by Crippen LogP contribution is 2.26. The molecule has 2 aliphatic rings. The van der Waals surface area contributed by atoms with E-state index in [1.54, 1.807) is 4.68 Å². The number of aromatic nitrogens is 3. The molecular weight excluding hydrogens is 354 g/mol. The maximum absolute atomic E-state index is 12.2. The van der Waals surface area contributed by atoms with Crippen molar-refractivity contribution < 1.29 is 9.53 Å². The molecule has 2 fully saturated rings. The zero-order chi connectivity index (χ0) is 19.8. The van der Waals surface area contributed by atoms with Gasteiger partial charge in [-0.2, -0.15) is 10.1 Å². The van der Waals surface area contributed by atoms with Crippen LogP contribution in [0.25, 0.3) is 0 Å². The van der Waals surface area contributed by atoms with Gasteiger partial charge >= 0.3 is 0 Å². The van der Waals surface area contributed by atoms with Crippen LogP contribution in [0.5, 0.6) is 0 Å². The van der Waals surface area contributed by atoms with Crippen LogP contribution in [0.15, 0.2) is 0 Å². The first kappa shape index (κ1) is 21.2. The van der Waals surface area contributed by atoms with Crippen molar-refractivity contribution in [1.82, 2.24) is 20.1 Å². The number of hydrogen-bond donors (Lipinski definition) is 2. The van der Waals surface area contributed by atoms with Crippen LogP contribution in [-0.4, -0.2) is 46.5 Å². The van der Waals surface area contributed by atoms with Crippen LogP contribution in [-0.2, 0) is 16.6 Å². The van der Waals surface area contributed by atoms with Gasteiger partial charge in [0.1, 0.15) is 0 Å². The topological polar surface area (TPSA) is 81.1 Å². The highest BCUT2D eigenvalue weighted by Gasteiger charge is 2.21. The summed E-state index contributed by atoms with van der Waals surface area (Å²) in [6.45, 7) is 5.16. The largest absolute Gasteiger partial charge is 0.378 e. The average Bonchev–Trinajstić information content (AvgIpc) is 3.06. The lowest BCUT2D eigenvalue weighted by molar-refractivity contribution is -0.116. The van der Waals surface area contributed by atoms with Crippen LogP contribution in [0.2, 0.25) is 0 Å². The fourth-order valence-electron chi connectivity index (χ4n) is 4.30. The zero-order valence-electron chi connectivity index (χ0n) is 17.6.